The molecule has 5 rings (SSSR count). The van der Waals surface area contributed by atoms with Crippen LogP contribution in [0, 0.1) is 23.3 Å². The van der Waals surface area contributed by atoms with E-state index in [0.717, 1.165) is 24.3 Å². The van der Waals surface area contributed by atoms with Gasteiger partial charge in [-0.1, -0.05) is 68.5 Å². The summed E-state index contributed by atoms with van der Waals surface area (Å²) in [5.74, 6) is -1.90. The van der Waals surface area contributed by atoms with Crippen LogP contribution in [0.15, 0.2) is 84.9 Å². The van der Waals surface area contributed by atoms with Gasteiger partial charge in [0.1, 0.15) is 25.4 Å². The van der Waals surface area contributed by atoms with E-state index in [9.17, 15) is 27.8 Å². The highest BCUT2D eigenvalue weighted by Gasteiger charge is 2.14. The van der Waals surface area contributed by atoms with Gasteiger partial charge in [0.2, 0.25) is 0 Å². The van der Waals surface area contributed by atoms with Crippen LogP contribution in [0.2, 0.25) is 0 Å². The smallest absolute Gasteiger partial charge is 0.161 e. The van der Waals surface area contributed by atoms with Gasteiger partial charge in [-0.2, -0.15) is 0 Å². The minimum Gasteiger partial charge on any atom is -0.493 e. The number of methoxy groups -OCH3 is 2. The summed E-state index contributed by atoms with van der Waals surface area (Å²) in [7, 11) is 3.02. The second-order valence-corrected chi connectivity index (χ2v) is 10.1. The summed E-state index contributed by atoms with van der Waals surface area (Å²) in [6.07, 6.45) is 5.38. The Morgan fingerprint density at radius 1 is 0.511 bits per heavy atom. The maximum atomic E-state index is 13.1. The zero-order valence-electron chi connectivity index (χ0n) is 25.2. The molecule has 2 unspecified atom stereocenters. The third kappa shape index (κ3) is 11.3. The van der Waals surface area contributed by atoms with Crippen molar-refractivity contribution in [2.75, 3.05) is 27.4 Å². The molecule has 0 amide bonds. The molecule has 2 atom stereocenters. The molecular formula is C35H38F4O6. The minimum absolute atomic E-state index is 0.0918. The van der Waals surface area contributed by atoms with E-state index in [0.29, 0.717) is 23.0 Å². The molecule has 10 heteroatoms. The predicted molar refractivity (Wildman–Crippen MR) is 163 cm³/mol. The van der Waals surface area contributed by atoms with Crippen LogP contribution in [0.3, 0.4) is 0 Å². The van der Waals surface area contributed by atoms with Crippen LogP contribution in [0.25, 0.3) is 0 Å². The molecule has 0 radical (unpaired) electrons. The highest BCUT2D eigenvalue weighted by atomic mass is 19.2. The van der Waals surface area contributed by atoms with Crippen molar-refractivity contribution in [3.05, 3.63) is 119 Å². The molecule has 0 spiro atoms. The molecule has 1 aliphatic rings. The van der Waals surface area contributed by atoms with Gasteiger partial charge < -0.3 is 29.2 Å². The number of aliphatic hydroxyl groups is 2. The Kier molecular flexibility index (Phi) is 14.5. The van der Waals surface area contributed by atoms with E-state index in [-0.39, 0.29) is 24.3 Å². The molecule has 0 saturated heterocycles. The van der Waals surface area contributed by atoms with E-state index in [1.165, 1.54) is 58.5 Å². The fourth-order valence-electron chi connectivity index (χ4n) is 4.33. The first kappa shape index (κ1) is 35.2. The zero-order valence-corrected chi connectivity index (χ0v) is 25.2. The van der Waals surface area contributed by atoms with Crippen molar-refractivity contribution in [1.29, 1.82) is 0 Å². The normalized spacial score (nSPS) is 13.3. The summed E-state index contributed by atoms with van der Waals surface area (Å²) >= 11 is 0. The van der Waals surface area contributed by atoms with Gasteiger partial charge in [-0.05, 0) is 59.7 Å². The van der Waals surface area contributed by atoms with Crippen LogP contribution in [0.1, 0.15) is 55.4 Å². The number of ether oxygens (including phenoxy) is 4. The van der Waals surface area contributed by atoms with E-state index >= 15 is 0 Å². The van der Waals surface area contributed by atoms with Gasteiger partial charge >= 0.3 is 0 Å². The fourth-order valence-corrected chi connectivity index (χ4v) is 4.33. The lowest BCUT2D eigenvalue weighted by molar-refractivity contribution is 0.106. The number of para-hydroxylation sites is 4. The summed E-state index contributed by atoms with van der Waals surface area (Å²) < 4.78 is 72.8. The average Bonchev–Trinajstić information content (AvgIpc) is 3.66. The van der Waals surface area contributed by atoms with Crippen molar-refractivity contribution in [2.45, 2.75) is 44.3 Å². The van der Waals surface area contributed by atoms with E-state index in [1.54, 1.807) is 48.5 Å². The SMILES string of the molecule is C1CCCC1.COc1ccccc1OCC(O)c1ccc(F)c(F)c1.COc1ccccc1OCC(O)c1ccc(F)c(F)c1. The largest absolute Gasteiger partial charge is 0.493 e. The molecule has 0 aromatic heterocycles. The Hall–Kier alpha value is -4.28. The van der Waals surface area contributed by atoms with E-state index in [1.807, 2.05) is 0 Å². The molecule has 0 bridgehead atoms. The van der Waals surface area contributed by atoms with Gasteiger partial charge in [-0.25, -0.2) is 17.6 Å². The van der Waals surface area contributed by atoms with Gasteiger partial charge in [-0.3, -0.25) is 0 Å². The fraction of sp³-hybridized carbons (Fsp3) is 0.314. The molecule has 4 aromatic carbocycles. The topological polar surface area (TPSA) is 77.4 Å². The second-order valence-electron chi connectivity index (χ2n) is 10.1. The molecule has 242 valence electrons. The summed E-state index contributed by atoms with van der Waals surface area (Å²) in [5, 5.41) is 19.8. The molecule has 45 heavy (non-hydrogen) atoms. The Bertz CT molecular complexity index is 1350. The van der Waals surface area contributed by atoms with Gasteiger partial charge in [0.05, 0.1) is 14.2 Å². The molecule has 2 N–H and O–H groups in total. The zero-order chi connectivity index (χ0) is 32.6. The van der Waals surface area contributed by atoms with E-state index in [2.05, 4.69) is 0 Å². The van der Waals surface area contributed by atoms with Crippen molar-refractivity contribution >= 4 is 0 Å². The second kappa shape index (κ2) is 18.5. The van der Waals surface area contributed by atoms with Gasteiger partial charge in [0.25, 0.3) is 0 Å². The number of aliphatic hydroxyl groups excluding tert-OH is 2. The molecule has 1 saturated carbocycles. The van der Waals surface area contributed by atoms with Gasteiger partial charge in [0.15, 0.2) is 46.3 Å². The molecule has 1 fully saturated rings. The van der Waals surface area contributed by atoms with E-state index < -0.39 is 35.5 Å². The lowest BCUT2D eigenvalue weighted by Crippen LogP contribution is -2.10. The first-order chi connectivity index (χ1) is 21.7. The lowest BCUT2D eigenvalue weighted by atomic mass is 10.1. The average molecular weight is 631 g/mol. The van der Waals surface area contributed by atoms with Crippen LogP contribution in [-0.4, -0.2) is 37.6 Å². The Morgan fingerprint density at radius 3 is 1.16 bits per heavy atom. The summed E-state index contributed by atoms with van der Waals surface area (Å²) in [6, 6.07) is 20.4. The van der Waals surface area contributed by atoms with Crippen molar-refractivity contribution < 1.29 is 46.7 Å². The summed E-state index contributed by atoms with van der Waals surface area (Å²) in [5.41, 5.74) is 0.498. The van der Waals surface area contributed by atoms with Crippen molar-refractivity contribution in [3.63, 3.8) is 0 Å². The standard InChI is InChI=1S/2C15H14F2O3.C5H10/c2*1-19-14-4-2-3-5-15(14)20-9-13(18)10-6-7-11(16)12(17)8-10;1-2-4-5-3-1/h2*2-8,13,18H,9H2,1H3;1-5H2. The van der Waals surface area contributed by atoms with Crippen molar-refractivity contribution in [1.82, 2.24) is 0 Å². The number of halogens is 4. The van der Waals surface area contributed by atoms with Gasteiger partial charge in [-0.15, -0.1) is 0 Å². The highest BCUT2D eigenvalue weighted by Crippen LogP contribution is 2.28. The van der Waals surface area contributed by atoms with Crippen LogP contribution in [-0.2, 0) is 0 Å². The Labute approximate surface area is 260 Å². The molecular weight excluding hydrogens is 592 g/mol. The minimum atomic E-state index is -1.06. The quantitative estimate of drug-likeness (QED) is 0.172. The number of hydrogen-bond donors (Lipinski definition) is 2. The third-order valence-corrected chi connectivity index (χ3v) is 6.84. The van der Waals surface area contributed by atoms with Crippen molar-refractivity contribution in [3.8, 4) is 23.0 Å². The molecule has 6 nitrogen and oxygen atoms in total. The predicted octanol–water partition coefficient (Wildman–Crippen LogP) is 8.12. The van der Waals surface area contributed by atoms with Gasteiger partial charge in [0, 0.05) is 0 Å². The third-order valence-electron chi connectivity index (χ3n) is 6.84. The number of hydrogen-bond acceptors (Lipinski definition) is 6. The molecule has 1 aliphatic carbocycles. The number of benzene rings is 4. The first-order valence-electron chi connectivity index (χ1n) is 14.5. The van der Waals surface area contributed by atoms with Crippen LogP contribution >= 0.6 is 0 Å². The highest BCUT2D eigenvalue weighted by molar-refractivity contribution is 5.40. The van der Waals surface area contributed by atoms with Crippen LogP contribution in [0.5, 0.6) is 23.0 Å². The maximum Gasteiger partial charge on any atom is 0.161 e. The lowest BCUT2D eigenvalue weighted by Gasteiger charge is -2.14. The molecule has 0 aliphatic heterocycles. The maximum absolute atomic E-state index is 13.1. The number of rotatable bonds is 10. The Balaban J connectivity index is 0.000000212. The van der Waals surface area contributed by atoms with Crippen LogP contribution in [0.4, 0.5) is 17.6 Å². The first-order valence-corrected chi connectivity index (χ1v) is 14.5. The monoisotopic (exact) mass is 630 g/mol. The molecule has 0 heterocycles. The van der Waals surface area contributed by atoms with E-state index in [4.69, 9.17) is 18.9 Å². The molecule has 4 aromatic rings. The Morgan fingerprint density at radius 2 is 0.844 bits per heavy atom. The van der Waals surface area contributed by atoms with Crippen molar-refractivity contribution in [2.24, 2.45) is 0 Å². The summed E-state index contributed by atoms with van der Waals surface area (Å²) in [6.45, 7) is -0.184. The summed E-state index contributed by atoms with van der Waals surface area (Å²) in [4.78, 5) is 0. The van der Waals surface area contributed by atoms with Crippen LogP contribution < -0.4 is 18.9 Å².